The van der Waals surface area contributed by atoms with E-state index in [0.29, 0.717) is 0 Å². The van der Waals surface area contributed by atoms with E-state index in [2.05, 4.69) is 15.3 Å². The predicted octanol–water partition coefficient (Wildman–Crippen LogP) is 3.29. The predicted molar refractivity (Wildman–Crippen MR) is 85.5 cm³/mol. The molecule has 108 valence electrons. The number of aryl methyl sites for hydroxylation is 1. The van der Waals surface area contributed by atoms with E-state index < -0.39 is 0 Å². The minimum Gasteiger partial charge on any atom is -0.497 e. The molecule has 4 aromatic rings. The Morgan fingerprint density at radius 3 is 2.59 bits per heavy atom. The summed E-state index contributed by atoms with van der Waals surface area (Å²) in [6, 6.07) is 15.8. The van der Waals surface area contributed by atoms with Gasteiger partial charge in [0.1, 0.15) is 16.8 Å². The van der Waals surface area contributed by atoms with Crippen molar-refractivity contribution in [3.63, 3.8) is 0 Å². The summed E-state index contributed by atoms with van der Waals surface area (Å²) in [7, 11) is 1.66. The van der Waals surface area contributed by atoms with Crippen molar-refractivity contribution in [3.05, 3.63) is 54.2 Å². The fraction of sp³-hybridized carbons (Fsp3) is 0.118. The molecule has 0 atom stereocenters. The van der Waals surface area contributed by atoms with Crippen molar-refractivity contribution in [1.29, 1.82) is 0 Å². The highest BCUT2D eigenvalue weighted by molar-refractivity contribution is 6.03. The van der Waals surface area contributed by atoms with Crippen LogP contribution in [0, 0.1) is 6.92 Å². The number of hydrogen-bond donors (Lipinski definition) is 0. The van der Waals surface area contributed by atoms with Gasteiger partial charge in [0.2, 0.25) is 0 Å². The molecule has 5 heteroatoms. The number of benzene rings is 2. The number of rotatable bonds is 2. The van der Waals surface area contributed by atoms with Gasteiger partial charge < -0.3 is 4.74 Å². The molecule has 0 fully saturated rings. The number of ether oxygens (including phenoxy) is 1. The van der Waals surface area contributed by atoms with Crippen LogP contribution in [0.2, 0.25) is 0 Å². The molecule has 0 aliphatic heterocycles. The highest BCUT2D eigenvalue weighted by atomic mass is 16.5. The molecule has 2 aromatic heterocycles. The third-order valence-electron chi connectivity index (χ3n) is 3.75. The Hall–Kier alpha value is -2.95. The first kappa shape index (κ1) is 12.8. The van der Waals surface area contributed by atoms with Crippen molar-refractivity contribution in [2.75, 3.05) is 7.11 Å². The van der Waals surface area contributed by atoms with Crippen LogP contribution in [-0.2, 0) is 0 Å². The molecule has 22 heavy (non-hydrogen) atoms. The summed E-state index contributed by atoms with van der Waals surface area (Å²) in [6.45, 7) is 1.95. The highest BCUT2D eigenvalue weighted by Gasteiger charge is 2.15. The summed E-state index contributed by atoms with van der Waals surface area (Å²) in [5.74, 6) is 0.792. The van der Waals surface area contributed by atoms with Crippen LogP contribution >= 0.6 is 0 Å². The van der Waals surface area contributed by atoms with E-state index in [1.165, 1.54) is 0 Å². The van der Waals surface area contributed by atoms with E-state index in [0.717, 1.165) is 39.1 Å². The maximum Gasteiger partial charge on any atom is 0.135 e. The molecular formula is C17H14N4O. The summed E-state index contributed by atoms with van der Waals surface area (Å²) in [5.41, 5.74) is 4.44. The Balaban J connectivity index is 2.15. The van der Waals surface area contributed by atoms with Crippen molar-refractivity contribution < 1.29 is 4.74 Å². The van der Waals surface area contributed by atoms with Gasteiger partial charge in [-0.25, -0.2) is 4.68 Å². The molecule has 0 spiro atoms. The number of para-hydroxylation sites is 1. The molecule has 0 N–H and O–H groups in total. The molecule has 0 aliphatic rings. The standard InChI is InChI=1S/C17H14N4O/c1-11-16-17(21(20-11)12-6-4-3-5-7-12)14-10-13(22-2)8-9-15(14)18-19-16/h3-10H,1-2H3. The van der Waals surface area contributed by atoms with E-state index >= 15 is 0 Å². The quantitative estimate of drug-likeness (QED) is 0.568. The Kier molecular flexibility index (Phi) is 2.79. The fourth-order valence-corrected chi connectivity index (χ4v) is 2.66. The van der Waals surface area contributed by atoms with Crippen LogP contribution in [-0.4, -0.2) is 27.1 Å². The monoisotopic (exact) mass is 290 g/mol. The second-order valence-corrected chi connectivity index (χ2v) is 5.11. The molecule has 2 aromatic carbocycles. The van der Waals surface area contributed by atoms with Crippen LogP contribution in [0.4, 0.5) is 0 Å². The van der Waals surface area contributed by atoms with Gasteiger partial charge in [-0.05, 0) is 37.3 Å². The van der Waals surface area contributed by atoms with E-state index in [-0.39, 0.29) is 0 Å². The molecular weight excluding hydrogens is 276 g/mol. The number of methoxy groups -OCH3 is 1. The summed E-state index contributed by atoms with van der Waals surface area (Å²) < 4.78 is 7.26. The molecule has 0 unspecified atom stereocenters. The van der Waals surface area contributed by atoms with Gasteiger partial charge in [-0.3, -0.25) is 0 Å². The Morgan fingerprint density at radius 2 is 1.82 bits per heavy atom. The van der Waals surface area contributed by atoms with Gasteiger partial charge in [-0.1, -0.05) is 18.2 Å². The van der Waals surface area contributed by atoms with Crippen molar-refractivity contribution in [1.82, 2.24) is 20.0 Å². The van der Waals surface area contributed by atoms with Crippen molar-refractivity contribution in [2.24, 2.45) is 0 Å². The molecule has 0 aliphatic carbocycles. The summed E-state index contributed by atoms with van der Waals surface area (Å²) in [6.07, 6.45) is 0. The summed E-state index contributed by atoms with van der Waals surface area (Å²) >= 11 is 0. The Morgan fingerprint density at radius 1 is 1.00 bits per heavy atom. The smallest absolute Gasteiger partial charge is 0.135 e. The number of nitrogens with zero attached hydrogens (tertiary/aromatic N) is 4. The lowest BCUT2D eigenvalue weighted by Crippen LogP contribution is -1.97. The second kappa shape index (κ2) is 4.80. The summed E-state index contributed by atoms with van der Waals surface area (Å²) in [4.78, 5) is 0. The molecule has 5 nitrogen and oxygen atoms in total. The van der Waals surface area contributed by atoms with E-state index in [4.69, 9.17) is 4.74 Å². The topological polar surface area (TPSA) is 52.8 Å². The minimum atomic E-state index is 0.792. The Labute approximate surface area is 127 Å². The van der Waals surface area contributed by atoms with Gasteiger partial charge in [-0.2, -0.15) is 5.10 Å². The van der Waals surface area contributed by atoms with Crippen LogP contribution < -0.4 is 4.74 Å². The number of aromatic nitrogens is 4. The van der Waals surface area contributed by atoms with Crippen LogP contribution in [0.1, 0.15) is 5.69 Å². The fourth-order valence-electron chi connectivity index (χ4n) is 2.66. The zero-order valence-electron chi connectivity index (χ0n) is 12.3. The molecule has 2 heterocycles. The van der Waals surface area contributed by atoms with E-state index in [9.17, 15) is 0 Å². The van der Waals surface area contributed by atoms with Crippen LogP contribution in [0.5, 0.6) is 5.75 Å². The van der Waals surface area contributed by atoms with Crippen LogP contribution in [0.25, 0.3) is 27.6 Å². The second-order valence-electron chi connectivity index (χ2n) is 5.11. The molecule has 0 amide bonds. The van der Waals surface area contributed by atoms with E-state index in [1.807, 2.05) is 60.1 Å². The number of fused-ring (bicyclic) bond motifs is 3. The summed E-state index contributed by atoms with van der Waals surface area (Å²) in [5, 5.41) is 14.2. The minimum absolute atomic E-state index is 0.792. The van der Waals surface area contributed by atoms with Gasteiger partial charge in [0.05, 0.1) is 24.0 Å². The maximum absolute atomic E-state index is 5.35. The normalized spacial score (nSPS) is 11.2. The molecule has 0 saturated carbocycles. The molecule has 0 saturated heterocycles. The van der Waals surface area contributed by atoms with Gasteiger partial charge in [-0.15, -0.1) is 10.2 Å². The average molecular weight is 290 g/mol. The lowest BCUT2D eigenvalue weighted by molar-refractivity contribution is 0.415. The average Bonchev–Trinajstić information content (AvgIpc) is 2.92. The van der Waals surface area contributed by atoms with Gasteiger partial charge in [0.15, 0.2) is 0 Å². The Bertz CT molecular complexity index is 976. The maximum atomic E-state index is 5.35. The largest absolute Gasteiger partial charge is 0.497 e. The molecule has 4 rings (SSSR count). The van der Waals surface area contributed by atoms with Crippen LogP contribution in [0.15, 0.2) is 48.5 Å². The number of hydrogen-bond acceptors (Lipinski definition) is 4. The highest BCUT2D eigenvalue weighted by Crippen LogP contribution is 2.29. The SMILES string of the molecule is COc1ccc2nnc3c(C)nn(-c4ccccc4)c3c2c1. The van der Waals surface area contributed by atoms with Crippen molar-refractivity contribution in [3.8, 4) is 11.4 Å². The van der Waals surface area contributed by atoms with Crippen LogP contribution in [0.3, 0.4) is 0 Å². The van der Waals surface area contributed by atoms with Gasteiger partial charge >= 0.3 is 0 Å². The first-order valence-corrected chi connectivity index (χ1v) is 7.03. The first-order valence-electron chi connectivity index (χ1n) is 7.03. The van der Waals surface area contributed by atoms with Crippen molar-refractivity contribution in [2.45, 2.75) is 6.92 Å². The third-order valence-corrected chi connectivity index (χ3v) is 3.75. The molecule has 0 radical (unpaired) electrons. The third kappa shape index (κ3) is 1.83. The lowest BCUT2D eigenvalue weighted by Gasteiger charge is -2.06. The zero-order chi connectivity index (χ0) is 15.1. The first-order chi connectivity index (χ1) is 10.8. The zero-order valence-corrected chi connectivity index (χ0v) is 12.3. The molecule has 0 bridgehead atoms. The van der Waals surface area contributed by atoms with Gasteiger partial charge in [0.25, 0.3) is 0 Å². The van der Waals surface area contributed by atoms with Gasteiger partial charge in [0, 0.05) is 5.39 Å². The van der Waals surface area contributed by atoms with E-state index in [1.54, 1.807) is 7.11 Å². The van der Waals surface area contributed by atoms with Crippen molar-refractivity contribution >= 4 is 21.9 Å². The lowest BCUT2D eigenvalue weighted by atomic mass is 10.2.